The summed E-state index contributed by atoms with van der Waals surface area (Å²) in [6.07, 6.45) is 4.17. The maximum absolute atomic E-state index is 7.08. The molecule has 0 aliphatic carbocycles. The van der Waals surface area contributed by atoms with Gasteiger partial charge in [-0.2, -0.15) is 5.10 Å². The number of methoxy groups -OCH3 is 4. The van der Waals surface area contributed by atoms with Crippen LogP contribution in [0.15, 0.2) is 91.1 Å². The van der Waals surface area contributed by atoms with Gasteiger partial charge >= 0.3 is 0 Å². The highest BCUT2D eigenvalue weighted by atomic mass is 16.5. The first-order valence-corrected chi connectivity index (χ1v) is 14.4. The number of ether oxygens (including phenoxy) is 5. The molecule has 0 radical (unpaired) electrons. The summed E-state index contributed by atoms with van der Waals surface area (Å²) in [6.45, 7) is 2.71. The molecule has 8 nitrogen and oxygen atoms in total. The van der Waals surface area contributed by atoms with Crippen LogP contribution >= 0.6 is 0 Å². The predicted molar refractivity (Wildman–Crippen MR) is 168 cm³/mol. The van der Waals surface area contributed by atoms with Crippen LogP contribution < -0.4 is 23.7 Å². The fourth-order valence-electron chi connectivity index (χ4n) is 5.36. The maximum Gasteiger partial charge on any atom is 0.213 e. The summed E-state index contributed by atoms with van der Waals surface area (Å²) in [5.74, 6) is 3.41. The largest absolute Gasteiger partial charge is 0.493 e. The number of hydrogen-bond acceptors (Lipinski definition) is 6. The van der Waals surface area contributed by atoms with E-state index in [4.69, 9.17) is 28.8 Å². The number of aryl methyl sites for hydroxylation is 1. The molecule has 2 heterocycles. The lowest BCUT2D eigenvalue weighted by atomic mass is 9.88. The Labute approximate surface area is 253 Å². The Balaban J connectivity index is 1.53. The second-order valence-electron chi connectivity index (χ2n) is 10.3. The minimum absolute atomic E-state index is 0.559. The monoisotopic (exact) mass is 581 g/mol. The summed E-state index contributed by atoms with van der Waals surface area (Å²) in [4.78, 5) is 3.43. The zero-order chi connectivity index (χ0) is 30.2. The van der Waals surface area contributed by atoms with Crippen molar-refractivity contribution in [3.63, 3.8) is 0 Å². The molecule has 0 aliphatic rings. The van der Waals surface area contributed by atoms with Gasteiger partial charge in [-0.1, -0.05) is 43.3 Å². The third-order valence-corrected chi connectivity index (χ3v) is 7.82. The summed E-state index contributed by atoms with van der Waals surface area (Å²) >= 11 is 0. The van der Waals surface area contributed by atoms with Crippen LogP contribution in [0.1, 0.15) is 36.6 Å². The Kier molecular flexibility index (Phi) is 9.25. The van der Waals surface area contributed by atoms with E-state index in [1.54, 1.807) is 28.4 Å². The number of nitrogens with one attached hydrogen (secondary N) is 1. The molecule has 3 aromatic carbocycles. The second-order valence-corrected chi connectivity index (χ2v) is 10.3. The molecular weight excluding hydrogens is 542 g/mol. The molecule has 0 fully saturated rings. The Hall–Kier alpha value is -4.85. The summed E-state index contributed by atoms with van der Waals surface area (Å²) in [7, 11) is 6.57. The molecule has 1 atom stereocenters. The molecule has 0 spiro atoms. The van der Waals surface area contributed by atoms with Crippen molar-refractivity contribution in [2.45, 2.75) is 38.3 Å². The van der Waals surface area contributed by atoms with Crippen molar-refractivity contribution < 1.29 is 23.7 Å². The Morgan fingerprint density at radius 1 is 0.721 bits per heavy atom. The van der Waals surface area contributed by atoms with Crippen LogP contribution in [-0.2, 0) is 18.6 Å². The van der Waals surface area contributed by atoms with Crippen molar-refractivity contribution in [2.24, 2.45) is 0 Å². The number of aromatic nitrogens is 3. The number of benzene rings is 3. The van der Waals surface area contributed by atoms with Gasteiger partial charge in [0.2, 0.25) is 5.88 Å². The molecule has 43 heavy (non-hydrogen) atoms. The van der Waals surface area contributed by atoms with E-state index in [9.17, 15) is 0 Å². The lowest BCUT2D eigenvalue weighted by molar-refractivity contribution is 0.0381. The van der Waals surface area contributed by atoms with Crippen LogP contribution in [0, 0.1) is 0 Å². The smallest absolute Gasteiger partial charge is 0.213 e. The van der Waals surface area contributed by atoms with Crippen LogP contribution in [0.5, 0.6) is 28.9 Å². The molecular formula is C35H39N3O5. The first-order chi connectivity index (χ1) is 21.0. The van der Waals surface area contributed by atoms with E-state index in [-0.39, 0.29) is 0 Å². The first-order valence-electron chi connectivity index (χ1n) is 14.4. The molecule has 1 N–H and O–H groups in total. The van der Waals surface area contributed by atoms with Gasteiger partial charge in [0.1, 0.15) is 0 Å². The van der Waals surface area contributed by atoms with Crippen LogP contribution in [0.2, 0.25) is 0 Å². The minimum atomic E-state index is -0.639. The highest BCUT2D eigenvalue weighted by molar-refractivity contribution is 5.65. The van der Waals surface area contributed by atoms with E-state index < -0.39 is 5.60 Å². The van der Waals surface area contributed by atoms with Crippen molar-refractivity contribution in [3.05, 3.63) is 108 Å². The Morgan fingerprint density at radius 2 is 1.42 bits per heavy atom. The Bertz CT molecular complexity index is 1610. The van der Waals surface area contributed by atoms with Crippen LogP contribution in [-0.4, -0.2) is 43.2 Å². The van der Waals surface area contributed by atoms with Crippen molar-refractivity contribution in [2.75, 3.05) is 28.4 Å². The van der Waals surface area contributed by atoms with E-state index in [0.717, 1.165) is 47.3 Å². The van der Waals surface area contributed by atoms with Gasteiger partial charge in [0.05, 0.1) is 46.4 Å². The SMILES string of the molecule is CCC(CCc1ccc(OC)c(OC)c1)(Oc1cc(-c2ccc(OC)c(OC)c2)nn1Cc1ccccc1)c1ccc[nH]1. The third kappa shape index (κ3) is 6.48. The molecule has 2 aromatic heterocycles. The van der Waals surface area contributed by atoms with Gasteiger partial charge in [0.25, 0.3) is 0 Å². The third-order valence-electron chi connectivity index (χ3n) is 7.82. The van der Waals surface area contributed by atoms with Gasteiger partial charge in [-0.25, -0.2) is 4.68 Å². The lowest BCUT2D eigenvalue weighted by Crippen LogP contribution is -2.34. The van der Waals surface area contributed by atoms with Crippen LogP contribution in [0.4, 0.5) is 0 Å². The number of rotatable bonds is 14. The van der Waals surface area contributed by atoms with Gasteiger partial charge in [-0.3, -0.25) is 0 Å². The van der Waals surface area contributed by atoms with E-state index in [1.165, 1.54) is 0 Å². The standard InChI is InChI=1S/C35H39N3O5/c1-6-35(33-13-10-20-36-33,19-18-25-14-16-29(39-2)31(21-25)41-4)43-34-23-28(27-15-17-30(40-3)32(22-27)42-5)37-38(34)24-26-11-8-7-9-12-26/h7-17,20-23,36H,6,18-19,24H2,1-5H3. The van der Waals surface area contributed by atoms with E-state index >= 15 is 0 Å². The molecule has 1 unspecified atom stereocenters. The van der Waals surface area contributed by atoms with Gasteiger partial charge in [0, 0.05) is 17.8 Å². The molecule has 0 aliphatic heterocycles. The summed E-state index contributed by atoms with van der Waals surface area (Å²) in [6, 6.07) is 28.2. The topological polar surface area (TPSA) is 79.8 Å². The average molecular weight is 582 g/mol. The molecule has 5 rings (SSSR count). The van der Waals surface area contributed by atoms with Gasteiger partial charge in [-0.05, 0) is 72.9 Å². The Morgan fingerprint density at radius 3 is 2.07 bits per heavy atom. The van der Waals surface area contributed by atoms with Crippen molar-refractivity contribution in [1.29, 1.82) is 0 Å². The van der Waals surface area contributed by atoms with E-state index in [2.05, 4.69) is 36.2 Å². The van der Waals surface area contributed by atoms with Gasteiger partial charge < -0.3 is 28.7 Å². The summed E-state index contributed by atoms with van der Waals surface area (Å²) in [5.41, 5.74) is 4.32. The van der Waals surface area contributed by atoms with Gasteiger partial charge in [0.15, 0.2) is 28.6 Å². The van der Waals surface area contributed by atoms with Crippen molar-refractivity contribution in [1.82, 2.24) is 14.8 Å². The fraction of sp³-hybridized carbons (Fsp3) is 0.286. The second kappa shape index (κ2) is 13.4. The van der Waals surface area contributed by atoms with E-state index in [1.807, 2.05) is 71.5 Å². The number of H-pyrrole nitrogens is 1. The number of hydrogen-bond donors (Lipinski definition) is 1. The molecule has 0 saturated carbocycles. The fourth-order valence-corrected chi connectivity index (χ4v) is 5.36. The lowest BCUT2D eigenvalue weighted by Gasteiger charge is -2.33. The first kappa shape index (κ1) is 29.6. The molecule has 0 amide bonds. The number of aromatic amines is 1. The van der Waals surface area contributed by atoms with Crippen molar-refractivity contribution >= 4 is 0 Å². The van der Waals surface area contributed by atoms with E-state index in [0.29, 0.717) is 35.4 Å². The van der Waals surface area contributed by atoms with Crippen LogP contribution in [0.25, 0.3) is 11.3 Å². The molecule has 8 heteroatoms. The minimum Gasteiger partial charge on any atom is -0.493 e. The molecule has 0 saturated heterocycles. The molecule has 0 bridgehead atoms. The quantitative estimate of drug-likeness (QED) is 0.149. The zero-order valence-corrected chi connectivity index (χ0v) is 25.4. The normalized spacial score (nSPS) is 12.4. The summed E-state index contributed by atoms with van der Waals surface area (Å²) in [5, 5.41) is 5.02. The van der Waals surface area contributed by atoms with Gasteiger partial charge in [-0.15, -0.1) is 0 Å². The van der Waals surface area contributed by atoms with Crippen molar-refractivity contribution in [3.8, 4) is 40.1 Å². The highest BCUT2D eigenvalue weighted by Crippen LogP contribution is 2.39. The van der Waals surface area contributed by atoms with Crippen LogP contribution in [0.3, 0.4) is 0 Å². The highest BCUT2D eigenvalue weighted by Gasteiger charge is 2.35. The molecule has 224 valence electrons. The average Bonchev–Trinajstić information content (AvgIpc) is 3.74. The predicted octanol–water partition coefficient (Wildman–Crippen LogP) is 7.28. The summed E-state index contributed by atoms with van der Waals surface area (Å²) < 4.78 is 31.0. The zero-order valence-electron chi connectivity index (χ0n) is 25.4. The number of nitrogens with zero attached hydrogens (tertiary/aromatic N) is 2. The molecule has 5 aromatic rings. The maximum atomic E-state index is 7.08.